The van der Waals surface area contributed by atoms with Crippen molar-refractivity contribution in [3.63, 3.8) is 0 Å². The van der Waals surface area contributed by atoms with Gasteiger partial charge in [-0.1, -0.05) is 6.07 Å². The molecule has 40 heavy (non-hydrogen) atoms. The Morgan fingerprint density at radius 1 is 0.975 bits per heavy atom. The number of non-ortho nitro benzene ring substituents is 2. The second kappa shape index (κ2) is 11.5. The average Bonchev–Trinajstić information content (AvgIpc) is 3.25. The van der Waals surface area contributed by atoms with Crippen LogP contribution in [0, 0.1) is 27.2 Å². The largest absolute Gasteiger partial charge is 0.490 e. The van der Waals surface area contributed by atoms with Crippen molar-refractivity contribution in [1.29, 1.82) is 0 Å². The molecular weight excluding hydrogens is 564 g/mol. The number of carbonyl (C=O) groups is 1. The summed E-state index contributed by atoms with van der Waals surface area (Å²) in [5.41, 5.74) is 1.20. The number of ether oxygens (including phenoxy) is 1. The van der Waals surface area contributed by atoms with E-state index in [1.807, 2.05) is 0 Å². The van der Waals surface area contributed by atoms with Crippen molar-refractivity contribution in [2.24, 2.45) is 4.99 Å². The lowest BCUT2D eigenvalue weighted by Gasteiger charge is -2.12. The van der Waals surface area contributed by atoms with Gasteiger partial charge in [0.1, 0.15) is 4.90 Å². The van der Waals surface area contributed by atoms with Crippen LogP contribution >= 0.6 is 11.8 Å². The van der Waals surface area contributed by atoms with Crippen molar-refractivity contribution in [1.82, 2.24) is 5.32 Å². The first kappa shape index (κ1) is 28.3. The van der Waals surface area contributed by atoms with Crippen LogP contribution in [0.2, 0.25) is 0 Å². The molecule has 0 radical (unpaired) electrons. The topological polar surface area (TPSA) is 180 Å². The van der Waals surface area contributed by atoms with E-state index in [0.717, 1.165) is 36.0 Å². The maximum atomic E-state index is 12.7. The lowest BCUT2D eigenvalue weighted by molar-refractivity contribution is -0.385. The van der Waals surface area contributed by atoms with Crippen molar-refractivity contribution in [2.75, 3.05) is 6.61 Å². The van der Waals surface area contributed by atoms with E-state index in [0.29, 0.717) is 21.7 Å². The molecule has 1 amide bonds. The van der Waals surface area contributed by atoms with Crippen molar-refractivity contribution in [3.8, 4) is 11.5 Å². The number of nitro groups is 2. The minimum atomic E-state index is -4.33. The molecule has 15 heteroatoms. The quantitative estimate of drug-likeness (QED) is 0.158. The van der Waals surface area contributed by atoms with Gasteiger partial charge in [-0.3, -0.25) is 25.0 Å². The summed E-state index contributed by atoms with van der Waals surface area (Å²) in [4.78, 5) is 37.6. The summed E-state index contributed by atoms with van der Waals surface area (Å²) in [6, 6.07) is 12.9. The number of amides is 1. The normalized spacial score (nSPS) is 15.2. The van der Waals surface area contributed by atoms with Crippen LogP contribution in [0.25, 0.3) is 6.08 Å². The first-order chi connectivity index (χ1) is 19.0. The van der Waals surface area contributed by atoms with Crippen LogP contribution in [-0.4, -0.2) is 35.9 Å². The van der Waals surface area contributed by atoms with Crippen LogP contribution in [0.15, 0.2) is 75.5 Å². The third-order valence-corrected chi connectivity index (χ3v) is 7.52. The number of thioether (sulfide) groups is 1. The fourth-order valence-corrected chi connectivity index (χ4v) is 5.25. The molecular formula is C25H20N4O9S2. The molecule has 0 aromatic heterocycles. The van der Waals surface area contributed by atoms with Gasteiger partial charge in [0.15, 0.2) is 16.7 Å². The minimum Gasteiger partial charge on any atom is -0.490 e. The predicted octanol–water partition coefficient (Wildman–Crippen LogP) is 4.87. The number of nitrogens with one attached hydrogen (secondary N) is 1. The zero-order valence-corrected chi connectivity index (χ0v) is 22.5. The summed E-state index contributed by atoms with van der Waals surface area (Å²) in [6.45, 7) is 3.56. The van der Waals surface area contributed by atoms with Crippen LogP contribution in [-0.2, 0) is 14.9 Å². The number of carbonyl (C=O) groups excluding carboxylic acids is 1. The first-order valence-electron chi connectivity index (χ1n) is 11.5. The van der Waals surface area contributed by atoms with Gasteiger partial charge in [-0.15, -0.1) is 0 Å². The molecule has 0 spiro atoms. The zero-order chi connectivity index (χ0) is 29.0. The summed E-state index contributed by atoms with van der Waals surface area (Å²) in [5, 5.41) is 24.7. The van der Waals surface area contributed by atoms with E-state index in [2.05, 4.69) is 10.3 Å². The highest BCUT2D eigenvalue weighted by Crippen LogP contribution is 2.35. The molecule has 1 aliphatic heterocycles. The summed E-state index contributed by atoms with van der Waals surface area (Å²) >= 11 is 1.06. The van der Waals surface area contributed by atoms with Gasteiger partial charge in [0.05, 0.1) is 27.0 Å². The number of nitro benzene ring substituents is 2. The number of benzene rings is 3. The molecule has 1 N–H and O–H groups in total. The monoisotopic (exact) mass is 584 g/mol. The van der Waals surface area contributed by atoms with E-state index < -0.39 is 25.9 Å². The van der Waals surface area contributed by atoms with Crippen LogP contribution in [0.4, 0.5) is 17.1 Å². The molecule has 0 bridgehead atoms. The lowest BCUT2D eigenvalue weighted by Crippen LogP contribution is -2.19. The van der Waals surface area contributed by atoms with Gasteiger partial charge in [0.2, 0.25) is 0 Å². The Balaban J connectivity index is 1.56. The summed E-state index contributed by atoms with van der Waals surface area (Å²) in [7, 11) is -4.33. The Kier molecular flexibility index (Phi) is 8.16. The van der Waals surface area contributed by atoms with Crippen LogP contribution in [0.5, 0.6) is 11.5 Å². The Morgan fingerprint density at radius 3 is 2.27 bits per heavy atom. The van der Waals surface area contributed by atoms with Crippen LogP contribution in [0.1, 0.15) is 18.1 Å². The van der Waals surface area contributed by atoms with Crippen LogP contribution < -0.4 is 14.2 Å². The highest BCUT2D eigenvalue weighted by atomic mass is 32.2. The van der Waals surface area contributed by atoms with E-state index in [4.69, 9.17) is 8.92 Å². The Bertz CT molecular complexity index is 1680. The standard InChI is InChI=1S/C25H20N4O9S2/c1-3-37-22-13-16(4-11-21(22)38-40(35,36)19-8-5-17(6-9-19)28(31)32)14-23-24(30)27-25(39-23)26-20-10-7-18(29(33)34)12-15(20)2/h4-14H,3H2,1-2H3,(H,26,27,30)/b23-14+. The average molecular weight is 585 g/mol. The van der Waals surface area contributed by atoms with Crippen molar-refractivity contribution in [3.05, 3.63) is 96.9 Å². The Morgan fingerprint density at radius 2 is 1.65 bits per heavy atom. The van der Waals surface area contributed by atoms with Crippen molar-refractivity contribution < 1.29 is 32.0 Å². The number of rotatable bonds is 9. The van der Waals surface area contributed by atoms with E-state index in [1.165, 1.54) is 36.4 Å². The number of aliphatic imine (C=N–C) groups is 1. The Hall–Kier alpha value is -4.76. The molecule has 0 aliphatic carbocycles. The fraction of sp³-hybridized carbons (Fsp3) is 0.120. The van der Waals surface area contributed by atoms with Gasteiger partial charge in [-0.25, -0.2) is 4.99 Å². The fourth-order valence-electron chi connectivity index (χ4n) is 3.47. The molecule has 1 aliphatic rings. The number of amidine groups is 1. The highest BCUT2D eigenvalue weighted by molar-refractivity contribution is 8.18. The van der Waals surface area contributed by atoms with Gasteiger partial charge in [0, 0.05) is 24.3 Å². The van der Waals surface area contributed by atoms with E-state index in [9.17, 15) is 33.4 Å². The number of hydrogen-bond acceptors (Lipinski definition) is 11. The molecule has 1 heterocycles. The molecule has 0 saturated carbocycles. The van der Waals surface area contributed by atoms with Crippen molar-refractivity contribution in [2.45, 2.75) is 18.7 Å². The summed E-state index contributed by atoms with van der Waals surface area (Å²) < 4.78 is 36.3. The highest BCUT2D eigenvalue weighted by Gasteiger charge is 2.25. The Labute approximate surface area is 232 Å². The molecule has 0 unspecified atom stereocenters. The van der Waals surface area contributed by atoms with Gasteiger partial charge in [0.25, 0.3) is 17.3 Å². The number of hydrogen-bond donors (Lipinski definition) is 1. The zero-order valence-electron chi connectivity index (χ0n) is 20.9. The van der Waals surface area contributed by atoms with Gasteiger partial charge in [-0.2, -0.15) is 8.42 Å². The third-order valence-electron chi connectivity index (χ3n) is 5.37. The van der Waals surface area contributed by atoms with Gasteiger partial charge >= 0.3 is 10.1 Å². The molecule has 1 saturated heterocycles. The second-order valence-electron chi connectivity index (χ2n) is 8.14. The molecule has 4 rings (SSSR count). The number of nitrogens with zero attached hydrogens (tertiary/aromatic N) is 3. The molecule has 13 nitrogen and oxygen atoms in total. The SMILES string of the molecule is CCOc1cc(/C=C2/SC(=Nc3ccc([N+](=O)[O-])cc3C)NC2=O)ccc1OS(=O)(=O)c1ccc([N+](=O)[O-])cc1. The lowest BCUT2D eigenvalue weighted by atomic mass is 10.2. The molecule has 3 aromatic carbocycles. The van der Waals surface area contributed by atoms with Gasteiger partial charge in [-0.05, 0) is 73.1 Å². The van der Waals surface area contributed by atoms with Crippen molar-refractivity contribution >= 4 is 56.1 Å². The summed E-state index contributed by atoms with van der Waals surface area (Å²) in [6.07, 6.45) is 1.56. The second-order valence-corrected chi connectivity index (χ2v) is 10.7. The first-order valence-corrected chi connectivity index (χ1v) is 13.7. The smallest absolute Gasteiger partial charge is 0.339 e. The van der Waals surface area contributed by atoms with E-state index >= 15 is 0 Å². The molecule has 206 valence electrons. The predicted molar refractivity (Wildman–Crippen MR) is 147 cm³/mol. The minimum absolute atomic E-state index is 0.0665. The van der Waals surface area contributed by atoms with Gasteiger partial charge < -0.3 is 14.2 Å². The van der Waals surface area contributed by atoms with Crippen LogP contribution in [0.3, 0.4) is 0 Å². The number of aryl methyl sites for hydroxylation is 1. The van der Waals surface area contributed by atoms with E-state index in [-0.39, 0.29) is 39.5 Å². The van der Waals surface area contributed by atoms with E-state index in [1.54, 1.807) is 19.9 Å². The maximum absolute atomic E-state index is 12.7. The summed E-state index contributed by atoms with van der Waals surface area (Å²) in [5.74, 6) is -0.426. The molecule has 3 aromatic rings. The molecule has 0 atom stereocenters. The maximum Gasteiger partial charge on any atom is 0.339 e. The molecule has 1 fully saturated rings. The third kappa shape index (κ3) is 6.44.